The summed E-state index contributed by atoms with van der Waals surface area (Å²) >= 11 is 0. The summed E-state index contributed by atoms with van der Waals surface area (Å²) in [5, 5.41) is 15.8. The van der Waals surface area contributed by atoms with Crippen LogP contribution in [0.3, 0.4) is 0 Å². The van der Waals surface area contributed by atoms with Crippen LogP contribution in [-0.2, 0) is 27.2 Å². The van der Waals surface area contributed by atoms with Gasteiger partial charge in [0.1, 0.15) is 23.4 Å². The first-order valence-electron chi connectivity index (χ1n) is 16.4. The zero-order chi connectivity index (χ0) is 32.7. The topological polar surface area (TPSA) is 108 Å². The van der Waals surface area contributed by atoms with E-state index in [4.69, 9.17) is 4.74 Å². The number of phenols is 1. The fourth-order valence-corrected chi connectivity index (χ4v) is 5.21. The Labute approximate surface area is 264 Å². The Balaban J connectivity index is 2.57. The van der Waals surface area contributed by atoms with E-state index >= 15 is 0 Å². The lowest BCUT2D eigenvalue weighted by atomic mass is 9.98. The molecule has 3 N–H and O–H groups in total. The average Bonchev–Trinajstić information content (AvgIpc) is 2.96. The van der Waals surface area contributed by atoms with Crippen LogP contribution < -0.4 is 10.6 Å². The molecule has 0 aliphatic rings. The van der Waals surface area contributed by atoms with Crippen LogP contribution in [0.2, 0.25) is 0 Å². The van der Waals surface area contributed by atoms with Crippen molar-refractivity contribution in [3.63, 3.8) is 0 Å². The van der Waals surface area contributed by atoms with Crippen molar-refractivity contribution in [1.29, 1.82) is 0 Å². The number of aromatic hydroxyl groups is 1. The number of carbonyl (C=O) groups excluding carboxylic acids is 3. The number of aryl methyl sites for hydroxylation is 1. The predicted octanol–water partition coefficient (Wildman–Crippen LogP) is 7.24. The Morgan fingerprint density at radius 3 is 2.02 bits per heavy atom. The van der Waals surface area contributed by atoms with Crippen LogP contribution in [0, 0.1) is 0 Å². The third-order valence-electron chi connectivity index (χ3n) is 7.52. The van der Waals surface area contributed by atoms with Crippen molar-refractivity contribution in [3.8, 4) is 5.75 Å². The summed E-state index contributed by atoms with van der Waals surface area (Å²) in [6, 6.07) is 12.5. The number of nitrogens with zero attached hydrogens (tertiary/aromatic N) is 1. The normalized spacial score (nSPS) is 13.4. The third-order valence-corrected chi connectivity index (χ3v) is 7.52. The lowest BCUT2D eigenvalue weighted by molar-refractivity contribution is -0.142. The molecule has 0 bridgehead atoms. The quantitative estimate of drug-likeness (QED) is 0.164. The van der Waals surface area contributed by atoms with Gasteiger partial charge < -0.3 is 25.4 Å². The fraction of sp³-hybridized carbons (Fsp3) is 0.583. The minimum atomic E-state index is -0.997. The van der Waals surface area contributed by atoms with Crippen molar-refractivity contribution >= 4 is 17.9 Å². The number of hydrogen-bond acceptors (Lipinski definition) is 5. The van der Waals surface area contributed by atoms with Crippen molar-refractivity contribution in [2.75, 3.05) is 6.54 Å². The maximum atomic E-state index is 14.6. The van der Waals surface area contributed by atoms with Gasteiger partial charge in [0.2, 0.25) is 11.8 Å². The summed E-state index contributed by atoms with van der Waals surface area (Å²) < 4.78 is 5.54. The number of ether oxygens (including phenoxy) is 1. The lowest BCUT2D eigenvalue weighted by Crippen LogP contribution is -2.54. The molecule has 2 rings (SSSR count). The van der Waals surface area contributed by atoms with E-state index in [1.807, 2.05) is 31.2 Å². The van der Waals surface area contributed by atoms with Crippen molar-refractivity contribution in [1.82, 2.24) is 15.5 Å². The van der Waals surface area contributed by atoms with Gasteiger partial charge in [-0.3, -0.25) is 9.59 Å². The van der Waals surface area contributed by atoms with E-state index in [-0.39, 0.29) is 30.0 Å². The monoisotopic (exact) mass is 609 g/mol. The molecule has 0 aliphatic heterocycles. The van der Waals surface area contributed by atoms with Crippen LogP contribution in [0.25, 0.3) is 0 Å². The summed E-state index contributed by atoms with van der Waals surface area (Å²) in [6.07, 6.45) is 6.97. The second kappa shape index (κ2) is 18.3. The van der Waals surface area contributed by atoms with Crippen LogP contribution in [-0.4, -0.2) is 52.1 Å². The molecule has 44 heavy (non-hydrogen) atoms. The van der Waals surface area contributed by atoms with Crippen LogP contribution in [0.4, 0.5) is 4.79 Å². The fourth-order valence-electron chi connectivity index (χ4n) is 5.21. The van der Waals surface area contributed by atoms with E-state index in [9.17, 15) is 19.5 Å². The van der Waals surface area contributed by atoms with Gasteiger partial charge in [-0.1, -0.05) is 89.3 Å². The van der Waals surface area contributed by atoms with Crippen molar-refractivity contribution in [2.24, 2.45) is 0 Å². The first-order chi connectivity index (χ1) is 20.9. The van der Waals surface area contributed by atoms with Gasteiger partial charge in [0.25, 0.3) is 0 Å². The molecular formula is C36H55N3O5. The van der Waals surface area contributed by atoms with Gasteiger partial charge in [0.15, 0.2) is 0 Å². The van der Waals surface area contributed by atoms with E-state index in [1.165, 1.54) is 0 Å². The largest absolute Gasteiger partial charge is 0.508 e. The Hall–Kier alpha value is -3.55. The number of nitrogens with one attached hydrogen (secondary N) is 2. The summed E-state index contributed by atoms with van der Waals surface area (Å²) in [5.74, 6) is -0.487. The third kappa shape index (κ3) is 12.6. The number of carbonyl (C=O) groups is 3. The molecular weight excluding hydrogens is 554 g/mol. The summed E-state index contributed by atoms with van der Waals surface area (Å²) in [5.41, 5.74) is 1.87. The molecule has 2 aromatic rings. The number of phenolic OH excluding ortho intramolecular Hbond substituents is 1. The second-order valence-corrected chi connectivity index (χ2v) is 12.7. The van der Waals surface area contributed by atoms with Gasteiger partial charge >= 0.3 is 6.09 Å². The van der Waals surface area contributed by atoms with Crippen LogP contribution >= 0.6 is 0 Å². The van der Waals surface area contributed by atoms with E-state index in [2.05, 4.69) is 31.4 Å². The summed E-state index contributed by atoms with van der Waals surface area (Å²) in [7, 11) is 0. The predicted molar refractivity (Wildman–Crippen MR) is 177 cm³/mol. The minimum Gasteiger partial charge on any atom is -0.508 e. The molecule has 8 nitrogen and oxygen atoms in total. The van der Waals surface area contributed by atoms with E-state index < -0.39 is 23.8 Å². The van der Waals surface area contributed by atoms with Crippen molar-refractivity contribution in [3.05, 3.63) is 65.2 Å². The number of alkyl carbamates (subject to hydrolysis) is 1. The number of rotatable bonds is 17. The highest BCUT2D eigenvalue weighted by atomic mass is 16.6. The van der Waals surface area contributed by atoms with Gasteiger partial charge in [-0.2, -0.15) is 0 Å². The van der Waals surface area contributed by atoms with Crippen LogP contribution in [0.15, 0.2) is 48.5 Å². The van der Waals surface area contributed by atoms with E-state index in [1.54, 1.807) is 49.9 Å². The average molecular weight is 610 g/mol. The summed E-state index contributed by atoms with van der Waals surface area (Å²) in [6.45, 7) is 14.0. The smallest absolute Gasteiger partial charge is 0.408 e. The molecule has 0 aliphatic carbocycles. The highest BCUT2D eigenvalue weighted by Gasteiger charge is 2.36. The first-order valence-corrected chi connectivity index (χ1v) is 16.4. The molecule has 0 fully saturated rings. The Morgan fingerprint density at radius 2 is 1.45 bits per heavy atom. The molecule has 0 heterocycles. The first kappa shape index (κ1) is 36.6. The standard InChI is InChI=1S/C36H55N3O5/c1-8-11-12-13-14-24-39(32(33(41)37-26(4)15-9-2)29-20-16-27(10-3)17-21-29)34(42)31(38-35(43)44-36(5,6)7)25-28-18-22-30(40)23-19-28/h16-23,26,31-32,40H,8-15,24-25H2,1-7H3,(H,37,41)(H,38,43). The second-order valence-electron chi connectivity index (χ2n) is 12.7. The van der Waals surface area contributed by atoms with Gasteiger partial charge in [-0.05, 0) is 75.8 Å². The molecule has 0 radical (unpaired) electrons. The van der Waals surface area contributed by atoms with Crippen LogP contribution in [0.5, 0.6) is 5.75 Å². The number of benzene rings is 2. The van der Waals surface area contributed by atoms with Gasteiger partial charge in [0, 0.05) is 19.0 Å². The molecule has 0 saturated carbocycles. The maximum absolute atomic E-state index is 14.6. The van der Waals surface area contributed by atoms with Crippen molar-refractivity contribution in [2.45, 2.75) is 130 Å². The van der Waals surface area contributed by atoms with E-state index in [0.29, 0.717) is 6.54 Å². The Bertz CT molecular complexity index is 1160. The molecule has 8 heteroatoms. The van der Waals surface area contributed by atoms with Gasteiger partial charge in [0.05, 0.1) is 0 Å². The molecule has 3 unspecified atom stereocenters. The number of amides is 3. The summed E-state index contributed by atoms with van der Waals surface area (Å²) in [4.78, 5) is 43.3. The minimum absolute atomic E-state index is 0.0564. The molecule has 0 spiro atoms. The molecule has 2 aromatic carbocycles. The Kier molecular flexibility index (Phi) is 15.2. The molecule has 3 amide bonds. The van der Waals surface area contributed by atoms with Gasteiger partial charge in [-0.15, -0.1) is 0 Å². The molecule has 0 saturated heterocycles. The zero-order valence-corrected chi connectivity index (χ0v) is 27.9. The number of hydrogen-bond donors (Lipinski definition) is 3. The van der Waals surface area contributed by atoms with E-state index in [0.717, 1.165) is 68.1 Å². The molecule has 0 aromatic heterocycles. The van der Waals surface area contributed by atoms with Crippen molar-refractivity contribution < 1.29 is 24.2 Å². The SMILES string of the molecule is CCCCCCCN(C(=O)C(Cc1ccc(O)cc1)NC(=O)OC(C)(C)C)C(C(=O)NC(C)CCC)c1ccc(CC)cc1. The highest BCUT2D eigenvalue weighted by molar-refractivity contribution is 5.92. The zero-order valence-electron chi connectivity index (χ0n) is 27.9. The Morgan fingerprint density at radius 1 is 0.841 bits per heavy atom. The lowest BCUT2D eigenvalue weighted by Gasteiger charge is -2.35. The number of unbranched alkanes of at least 4 members (excludes halogenated alkanes) is 4. The highest BCUT2D eigenvalue weighted by Crippen LogP contribution is 2.26. The van der Waals surface area contributed by atoms with Crippen LogP contribution in [0.1, 0.15) is 116 Å². The maximum Gasteiger partial charge on any atom is 0.408 e. The van der Waals surface area contributed by atoms with Gasteiger partial charge in [-0.25, -0.2) is 4.79 Å². The molecule has 3 atom stereocenters. The molecule has 244 valence electrons.